The van der Waals surface area contributed by atoms with Gasteiger partial charge in [0.05, 0.1) is 9.90 Å². The third-order valence-electron chi connectivity index (χ3n) is 1.18. The summed E-state index contributed by atoms with van der Waals surface area (Å²) < 4.78 is 5.20. The largest absolute Gasteiger partial charge is 0.475 e. The highest BCUT2D eigenvalue weighted by molar-refractivity contribution is 8.03. The molecule has 0 aliphatic carbocycles. The van der Waals surface area contributed by atoms with Crippen LogP contribution in [-0.4, -0.2) is 12.2 Å². The molecular formula is C6H5NOS+. The summed E-state index contributed by atoms with van der Waals surface area (Å²) in [7, 11) is 0. The fourth-order valence-electron chi connectivity index (χ4n) is 0.751. The van der Waals surface area contributed by atoms with E-state index in [0.717, 1.165) is 11.7 Å². The fourth-order valence-corrected chi connectivity index (χ4v) is 1.48. The normalized spacial score (nSPS) is 22.2. The van der Waals surface area contributed by atoms with E-state index in [1.165, 1.54) is 4.91 Å². The Morgan fingerprint density at radius 1 is 1.67 bits per heavy atom. The van der Waals surface area contributed by atoms with Gasteiger partial charge < -0.3 is 4.74 Å². The summed E-state index contributed by atoms with van der Waals surface area (Å²) >= 11 is 1.71. The van der Waals surface area contributed by atoms with E-state index in [1.54, 1.807) is 24.2 Å². The number of thioether (sulfide) groups is 1. The third kappa shape index (κ3) is 0.772. The van der Waals surface area contributed by atoms with Crippen LogP contribution in [0.2, 0.25) is 0 Å². The van der Waals surface area contributed by atoms with Crippen molar-refractivity contribution in [2.75, 3.05) is 5.94 Å². The van der Waals surface area contributed by atoms with Crippen LogP contribution in [-0.2, 0) is 4.74 Å². The van der Waals surface area contributed by atoms with Gasteiger partial charge >= 0.3 is 0 Å². The molecule has 3 heteroatoms. The highest BCUT2D eigenvalue weighted by atomic mass is 32.2. The van der Waals surface area contributed by atoms with Gasteiger partial charge in [-0.3, -0.25) is 0 Å². The van der Waals surface area contributed by atoms with Crippen LogP contribution in [0.25, 0.3) is 0 Å². The number of hydrogen-bond acceptors (Lipinski definition) is 3. The van der Waals surface area contributed by atoms with Crippen molar-refractivity contribution in [2.45, 2.75) is 0 Å². The molecule has 0 saturated heterocycles. The van der Waals surface area contributed by atoms with Gasteiger partial charge in [-0.25, -0.2) is 0 Å². The van der Waals surface area contributed by atoms with Gasteiger partial charge in [-0.1, -0.05) is 11.8 Å². The second kappa shape index (κ2) is 1.92. The number of nitrogens with zero attached hydrogens (tertiary/aromatic N) is 1. The minimum absolute atomic E-state index is 0.737. The maximum absolute atomic E-state index is 5.20. The average molecular weight is 139 g/mol. The Labute approximate surface area is 57.3 Å². The fraction of sp³-hybridized carbons (Fsp3) is 0.167. The zero-order valence-corrected chi connectivity index (χ0v) is 5.52. The van der Waals surface area contributed by atoms with Crippen LogP contribution in [0.4, 0.5) is 0 Å². The predicted octanol–water partition coefficient (Wildman–Crippen LogP) is 0.853. The van der Waals surface area contributed by atoms with Crippen LogP contribution >= 0.6 is 11.8 Å². The van der Waals surface area contributed by atoms with Crippen molar-refractivity contribution in [2.24, 2.45) is 0 Å². The van der Waals surface area contributed by atoms with E-state index in [2.05, 4.69) is 4.99 Å². The van der Waals surface area contributed by atoms with Crippen molar-refractivity contribution in [1.29, 1.82) is 0 Å². The molecule has 2 rings (SSSR count). The number of hydrogen-bond donors (Lipinski definition) is 0. The van der Waals surface area contributed by atoms with Gasteiger partial charge in [-0.2, -0.15) is 0 Å². The Hall–Kier alpha value is -0.700. The number of rotatable bonds is 0. The summed E-state index contributed by atoms with van der Waals surface area (Å²) in [4.78, 5) is 5.12. The van der Waals surface area contributed by atoms with Crippen LogP contribution in [0.5, 0.6) is 0 Å². The number of aliphatic imine (C=N–C) groups is 1. The molecule has 0 aromatic heterocycles. The van der Waals surface area contributed by atoms with Gasteiger partial charge in [-0.05, 0) is 0 Å². The van der Waals surface area contributed by atoms with Crippen LogP contribution < -0.4 is 4.99 Å². The molecule has 2 aliphatic heterocycles. The molecule has 2 heterocycles. The monoisotopic (exact) mass is 139 g/mol. The molecular weight excluding hydrogens is 134 g/mol. The lowest BCUT2D eigenvalue weighted by atomic mass is 10.4. The Morgan fingerprint density at radius 2 is 2.67 bits per heavy atom. The summed E-state index contributed by atoms with van der Waals surface area (Å²) in [5, 5.41) is 0. The zero-order chi connectivity index (χ0) is 6.10. The quantitative estimate of drug-likeness (QED) is 0.496. The van der Waals surface area contributed by atoms with Crippen LogP contribution in [0, 0.1) is 0 Å². The van der Waals surface area contributed by atoms with Gasteiger partial charge in [0.2, 0.25) is 12.0 Å². The van der Waals surface area contributed by atoms with E-state index >= 15 is 0 Å². The topological polar surface area (TPSA) is 23.3 Å². The SMILES string of the molecule is C1=CC2=C(C=[N+]1)OCS2. The molecule has 0 aromatic carbocycles. The Kier molecular flexibility index (Phi) is 1.09. The first kappa shape index (κ1) is 5.11. The first-order valence-electron chi connectivity index (χ1n) is 2.66. The highest BCUT2D eigenvalue weighted by Gasteiger charge is 2.19. The second-order valence-corrected chi connectivity index (χ2v) is 2.69. The van der Waals surface area contributed by atoms with Gasteiger partial charge in [-0.15, -0.1) is 0 Å². The van der Waals surface area contributed by atoms with E-state index in [1.807, 2.05) is 6.08 Å². The third-order valence-corrected chi connectivity index (χ3v) is 2.06. The molecule has 2 aliphatic rings. The zero-order valence-electron chi connectivity index (χ0n) is 4.70. The lowest BCUT2D eigenvalue weighted by Gasteiger charge is -1.88. The van der Waals surface area contributed by atoms with Crippen molar-refractivity contribution >= 4 is 18.0 Å². The maximum atomic E-state index is 5.20. The average Bonchev–Trinajstić information content (AvgIpc) is 2.33. The minimum atomic E-state index is 0.737. The van der Waals surface area contributed by atoms with Crippen molar-refractivity contribution in [3.8, 4) is 0 Å². The minimum Gasteiger partial charge on any atom is -0.475 e. The van der Waals surface area contributed by atoms with Gasteiger partial charge in [0, 0.05) is 6.08 Å². The van der Waals surface area contributed by atoms with Crippen LogP contribution in [0.1, 0.15) is 0 Å². The molecule has 9 heavy (non-hydrogen) atoms. The summed E-state index contributed by atoms with van der Waals surface area (Å²) in [6.45, 7) is 0. The van der Waals surface area contributed by atoms with E-state index < -0.39 is 0 Å². The highest BCUT2D eigenvalue weighted by Crippen LogP contribution is 2.29. The summed E-state index contributed by atoms with van der Waals surface area (Å²) in [5.41, 5.74) is 0. The lowest BCUT2D eigenvalue weighted by Crippen LogP contribution is -1.95. The molecule has 0 bridgehead atoms. The molecule has 0 saturated carbocycles. The molecule has 1 radical (unpaired) electrons. The molecule has 2 nitrogen and oxygen atoms in total. The molecule has 0 unspecified atom stereocenters. The second-order valence-electron chi connectivity index (χ2n) is 1.73. The van der Waals surface area contributed by atoms with Crippen LogP contribution in [0.3, 0.4) is 0 Å². The Balaban J connectivity index is 2.41. The predicted molar refractivity (Wildman–Crippen MR) is 37.9 cm³/mol. The van der Waals surface area contributed by atoms with Crippen molar-refractivity contribution < 1.29 is 4.74 Å². The molecule has 45 valence electrons. The van der Waals surface area contributed by atoms with Gasteiger partial charge in [0.25, 0.3) is 6.21 Å². The molecule has 0 atom stereocenters. The van der Waals surface area contributed by atoms with Crippen molar-refractivity contribution in [3.05, 3.63) is 22.9 Å². The molecule has 0 amide bonds. The first-order valence-corrected chi connectivity index (χ1v) is 3.65. The molecule has 0 aromatic rings. The van der Waals surface area contributed by atoms with Gasteiger partial charge in [0.15, 0.2) is 0 Å². The molecule has 0 spiro atoms. The lowest BCUT2D eigenvalue weighted by molar-refractivity contribution is 0.305. The van der Waals surface area contributed by atoms with Crippen molar-refractivity contribution in [3.63, 3.8) is 0 Å². The van der Waals surface area contributed by atoms with Crippen LogP contribution in [0.15, 0.2) is 22.9 Å². The Morgan fingerprint density at radius 3 is 3.56 bits per heavy atom. The van der Waals surface area contributed by atoms with E-state index in [-0.39, 0.29) is 0 Å². The Bertz CT molecular complexity index is 195. The van der Waals surface area contributed by atoms with E-state index in [0.29, 0.717) is 0 Å². The molecule has 0 fully saturated rings. The standard InChI is InChI=1S/C6H5NOS/c1-2-7-3-5-6(1)9-4-8-5/h1-3H,4H2/q+1. The maximum Gasteiger partial charge on any atom is 0.285 e. The number of ether oxygens (including phenoxy) is 1. The molecule has 0 N–H and O–H groups in total. The van der Waals surface area contributed by atoms with Gasteiger partial charge in [0.1, 0.15) is 5.94 Å². The van der Waals surface area contributed by atoms with Crippen molar-refractivity contribution in [1.82, 2.24) is 4.99 Å². The summed E-state index contributed by atoms with van der Waals surface area (Å²) in [6, 6.07) is 0. The summed E-state index contributed by atoms with van der Waals surface area (Å²) in [5.74, 6) is 1.66. The summed E-state index contributed by atoms with van der Waals surface area (Å²) in [6.07, 6.45) is 5.49. The van der Waals surface area contributed by atoms with E-state index in [9.17, 15) is 0 Å². The van der Waals surface area contributed by atoms with E-state index in [4.69, 9.17) is 4.74 Å². The number of allylic oxidation sites excluding steroid dienone is 2. The smallest absolute Gasteiger partial charge is 0.285 e. The first-order chi connectivity index (χ1) is 4.47.